The fourth-order valence-electron chi connectivity index (χ4n) is 5.03. The molecule has 0 spiro atoms. The van der Waals surface area contributed by atoms with E-state index in [0.29, 0.717) is 17.0 Å². The number of rotatable bonds is 3. The zero-order valence-electron chi connectivity index (χ0n) is 17.5. The van der Waals surface area contributed by atoms with Crippen LogP contribution in [0.2, 0.25) is 0 Å². The second-order valence-corrected chi connectivity index (χ2v) is 9.72. The lowest BCUT2D eigenvalue weighted by Gasteiger charge is -2.35. The Bertz CT molecular complexity index is 1100. The van der Waals surface area contributed by atoms with Gasteiger partial charge < -0.3 is 20.5 Å². The van der Waals surface area contributed by atoms with E-state index in [-0.39, 0.29) is 6.10 Å². The van der Waals surface area contributed by atoms with E-state index in [2.05, 4.69) is 41.1 Å². The largest absolute Gasteiger partial charge is 0.485 e. The van der Waals surface area contributed by atoms with Crippen molar-refractivity contribution in [2.75, 3.05) is 23.7 Å². The van der Waals surface area contributed by atoms with Crippen molar-refractivity contribution in [1.82, 2.24) is 15.2 Å². The summed E-state index contributed by atoms with van der Waals surface area (Å²) in [5.74, 6) is 1.69. The number of ether oxygens (including phenoxy) is 1. The van der Waals surface area contributed by atoms with Gasteiger partial charge in [0.2, 0.25) is 10.3 Å². The van der Waals surface area contributed by atoms with E-state index >= 15 is 0 Å². The molecular formula is C22H27N5O2S. The van der Waals surface area contributed by atoms with Crippen LogP contribution in [0.15, 0.2) is 18.2 Å². The van der Waals surface area contributed by atoms with Crippen LogP contribution in [0.4, 0.5) is 10.3 Å². The van der Waals surface area contributed by atoms with Crippen molar-refractivity contribution in [3.8, 4) is 5.75 Å². The van der Waals surface area contributed by atoms with Crippen LogP contribution in [0.5, 0.6) is 5.75 Å². The minimum Gasteiger partial charge on any atom is -0.485 e. The standard InChI is InChI=1S/C22H27N5O2S/c1-11-6-12(2)20(19-16(11)5-4-13(3)24-19)29-18-8-15-10-27(9-14(15)7-17(18)28)22-26-25-21(23)30-22/h4-6,14-15,17-18,28H,7-10H2,1-3H3,(H2,23,25)/t14-,15+,17+,18+/m0/s1. The van der Waals surface area contributed by atoms with Gasteiger partial charge in [0, 0.05) is 24.2 Å². The van der Waals surface area contributed by atoms with Crippen molar-refractivity contribution in [3.05, 3.63) is 35.0 Å². The molecule has 7 nitrogen and oxygen atoms in total. The molecule has 0 amide bonds. The summed E-state index contributed by atoms with van der Waals surface area (Å²) in [5, 5.41) is 21.5. The van der Waals surface area contributed by atoms with Crippen molar-refractivity contribution in [2.24, 2.45) is 11.8 Å². The predicted molar refractivity (Wildman–Crippen MR) is 119 cm³/mol. The quantitative estimate of drug-likeness (QED) is 0.665. The number of hydrogen-bond acceptors (Lipinski definition) is 8. The Morgan fingerprint density at radius 1 is 1.10 bits per heavy atom. The second-order valence-electron chi connectivity index (χ2n) is 8.73. The van der Waals surface area contributed by atoms with Crippen molar-refractivity contribution in [2.45, 2.75) is 45.8 Å². The fraction of sp³-hybridized carbons (Fsp3) is 0.500. The smallest absolute Gasteiger partial charge is 0.210 e. The van der Waals surface area contributed by atoms with Gasteiger partial charge in [0.05, 0.1) is 6.10 Å². The van der Waals surface area contributed by atoms with Crippen LogP contribution in [0, 0.1) is 32.6 Å². The Morgan fingerprint density at radius 2 is 1.87 bits per heavy atom. The average molecular weight is 426 g/mol. The Balaban J connectivity index is 1.39. The van der Waals surface area contributed by atoms with E-state index in [1.54, 1.807) is 0 Å². The van der Waals surface area contributed by atoms with Gasteiger partial charge in [-0.25, -0.2) is 4.98 Å². The minimum atomic E-state index is -0.494. The number of nitrogens with two attached hydrogens (primary N) is 1. The van der Waals surface area contributed by atoms with E-state index in [9.17, 15) is 5.11 Å². The lowest BCUT2D eigenvalue weighted by molar-refractivity contribution is -0.0228. The summed E-state index contributed by atoms with van der Waals surface area (Å²) in [7, 11) is 0. The van der Waals surface area contributed by atoms with E-state index in [4.69, 9.17) is 15.5 Å². The summed E-state index contributed by atoms with van der Waals surface area (Å²) in [6.45, 7) is 7.94. The van der Waals surface area contributed by atoms with E-state index in [1.807, 2.05) is 13.0 Å². The van der Waals surface area contributed by atoms with Gasteiger partial charge in [-0.05, 0) is 62.6 Å². The van der Waals surface area contributed by atoms with Crippen molar-refractivity contribution in [3.63, 3.8) is 0 Å². The Morgan fingerprint density at radius 3 is 2.60 bits per heavy atom. The highest BCUT2D eigenvalue weighted by Crippen LogP contribution is 2.41. The van der Waals surface area contributed by atoms with Crippen molar-refractivity contribution in [1.29, 1.82) is 0 Å². The number of nitrogen functional groups attached to an aromatic ring is 1. The molecular weight excluding hydrogens is 398 g/mol. The molecule has 30 heavy (non-hydrogen) atoms. The van der Waals surface area contributed by atoms with Gasteiger partial charge in [-0.15, -0.1) is 10.2 Å². The van der Waals surface area contributed by atoms with Gasteiger partial charge >= 0.3 is 0 Å². The highest BCUT2D eigenvalue weighted by atomic mass is 32.1. The van der Waals surface area contributed by atoms with Gasteiger partial charge in [-0.2, -0.15) is 0 Å². The molecule has 158 valence electrons. The minimum absolute atomic E-state index is 0.238. The first-order valence-electron chi connectivity index (χ1n) is 10.4. The average Bonchev–Trinajstić information content (AvgIpc) is 3.30. The molecule has 2 aromatic heterocycles. The number of aliphatic hydroxyl groups is 1. The van der Waals surface area contributed by atoms with Crippen LogP contribution >= 0.6 is 11.3 Å². The number of nitrogens with zero attached hydrogens (tertiary/aromatic N) is 4. The number of pyridine rings is 1. The van der Waals surface area contributed by atoms with Gasteiger partial charge in [0.15, 0.2) is 0 Å². The highest BCUT2D eigenvalue weighted by molar-refractivity contribution is 7.18. The maximum absolute atomic E-state index is 10.9. The molecule has 1 aliphatic carbocycles. The maximum Gasteiger partial charge on any atom is 0.210 e. The van der Waals surface area contributed by atoms with Crippen LogP contribution < -0.4 is 15.4 Å². The maximum atomic E-state index is 10.9. The Kier molecular flexibility index (Phi) is 4.78. The third-order valence-electron chi connectivity index (χ3n) is 6.52. The normalized spacial score (nSPS) is 26.2. The number of fused-ring (bicyclic) bond motifs is 2. The van der Waals surface area contributed by atoms with Gasteiger partial charge in [-0.1, -0.05) is 23.5 Å². The van der Waals surface area contributed by atoms with Gasteiger partial charge in [0.25, 0.3) is 0 Å². The molecule has 3 N–H and O–H groups in total. The third kappa shape index (κ3) is 3.37. The number of aliphatic hydroxyl groups excluding tert-OH is 1. The summed E-state index contributed by atoms with van der Waals surface area (Å²) >= 11 is 1.42. The number of hydrogen-bond donors (Lipinski definition) is 2. The van der Waals surface area contributed by atoms with Crippen LogP contribution in [0.3, 0.4) is 0 Å². The molecule has 2 fully saturated rings. The van der Waals surface area contributed by atoms with E-state index in [1.165, 1.54) is 16.9 Å². The summed E-state index contributed by atoms with van der Waals surface area (Å²) in [5.41, 5.74) is 9.86. The van der Waals surface area contributed by atoms with Crippen LogP contribution in [-0.2, 0) is 0 Å². The molecule has 5 rings (SSSR count). The number of anilines is 2. The summed E-state index contributed by atoms with van der Waals surface area (Å²) < 4.78 is 6.50. The number of benzene rings is 1. The molecule has 3 heterocycles. The molecule has 0 bridgehead atoms. The molecule has 2 aliphatic rings. The zero-order chi connectivity index (χ0) is 21.0. The highest BCUT2D eigenvalue weighted by Gasteiger charge is 2.43. The first kappa shape index (κ1) is 19.5. The molecule has 0 unspecified atom stereocenters. The van der Waals surface area contributed by atoms with Gasteiger partial charge in [-0.3, -0.25) is 0 Å². The van der Waals surface area contributed by atoms with Crippen LogP contribution in [-0.4, -0.2) is 45.6 Å². The molecule has 1 aliphatic heterocycles. The predicted octanol–water partition coefficient (Wildman–Crippen LogP) is 3.25. The summed E-state index contributed by atoms with van der Waals surface area (Å²) in [6, 6.07) is 6.28. The molecule has 1 aromatic carbocycles. The first-order chi connectivity index (χ1) is 14.4. The lowest BCUT2D eigenvalue weighted by Crippen LogP contribution is -2.42. The molecule has 3 aromatic rings. The second kappa shape index (κ2) is 7.35. The topological polar surface area (TPSA) is 97.4 Å². The Hall–Kier alpha value is -2.45. The molecule has 8 heteroatoms. The molecule has 1 saturated carbocycles. The van der Waals surface area contributed by atoms with E-state index < -0.39 is 6.10 Å². The van der Waals surface area contributed by atoms with Gasteiger partial charge in [0.1, 0.15) is 17.4 Å². The SMILES string of the molecule is Cc1ccc2c(C)cc(C)c(O[C@@H]3C[C@@H]4CN(c5nnc(N)s5)C[C@@H]4C[C@H]3O)c2n1. The first-order valence-corrected chi connectivity index (χ1v) is 11.3. The van der Waals surface area contributed by atoms with Crippen molar-refractivity contribution >= 4 is 32.5 Å². The molecule has 0 radical (unpaired) electrons. The fourth-order valence-corrected chi connectivity index (χ4v) is 5.66. The number of aromatic nitrogens is 3. The van der Waals surface area contributed by atoms with Crippen LogP contribution in [0.1, 0.15) is 29.7 Å². The summed E-state index contributed by atoms with van der Waals surface area (Å²) in [4.78, 5) is 7.01. The Labute approximate surface area is 179 Å². The zero-order valence-corrected chi connectivity index (χ0v) is 18.3. The third-order valence-corrected chi connectivity index (χ3v) is 7.33. The lowest BCUT2D eigenvalue weighted by atomic mass is 9.78. The van der Waals surface area contributed by atoms with Crippen LogP contribution in [0.25, 0.3) is 10.9 Å². The van der Waals surface area contributed by atoms with E-state index in [0.717, 1.165) is 59.0 Å². The summed E-state index contributed by atoms with van der Waals surface area (Å²) in [6.07, 6.45) is 0.816. The number of aryl methyl sites for hydroxylation is 3. The van der Waals surface area contributed by atoms with Crippen molar-refractivity contribution < 1.29 is 9.84 Å². The monoisotopic (exact) mass is 425 g/mol. The molecule has 4 atom stereocenters. The molecule has 1 saturated heterocycles.